The number of anilines is 2. The Kier molecular flexibility index (Phi) is 5.50. The second-order valence-electron chi connectivity index (χ2n) is 7.88. The molecule has 4 aromatic rings. The molecule has 1 N–H and O–H groups in total. The lowest BCUT2D eigenvalue weighted by Crippen LogP contribution is -2.44. The van der Waals surface area contributed by atoms with Crippen molar-refractivity contribution < 1.29 is 4.79 Å². The average Bonchev–Trinajstić information content (AvgIpc) is 3.25. The van der Waals surface area contributed by atoms with Crippen LogP contribution in [0.15, 0.2) is 48.9 Å². The van der Waals surface area contributed by atoms with Crippen molar-refractivity contribution in [1.82, 2.24) is 24.8 Å². The normalized spacial score (nSPS) is 14.6. The molecule has 0 aromatic carbocycles. The highest BCUT2D eigenvalue weighted by Gasteiger charge is 2.17. The van der Waals surface area contributed by atoms with Crippen LogP contribution in [0.4, 0.5) is 11.6 Å². The Labute approximate surface area is 190 Å². The Morgan fingerprint density at radius 2 is 1.88 bits per heavy atom. The molecule has 1 aliphatic rings. The highest BCUT2D eigenvalue weighted by molar-refractivity contribution is 7.14. The minimum absolute atomic E-state index is 0.221. The number of carbonyl (C=O) groups excluding carboxylic acids is 1. The lowest BCUT2D eigenvalue weighted by atomic mass is 10.2. The Morgan fingerprint density at radius 3 is 2.66 bits per heavy atom. The van der Waals surface area contributed by atoms with Gasteiger partial charge in [-0.25, -0.2) is 19.9 Å². The fourth-order valence-corrected chi connectivity index (χ4v) is 4.37. The third kappa shape index (κ3) is 4.30. The van der Waals surface area contributed by atoms with E-state index in [0.29, 0.717) is 11.4 Å². The van der Waals surface area contributed by atoms with Crippen molar-refractivity contribution in [3.8, 4) is 10.7 Å². The molecule has 32 heavy (non-hydrogen) atoms. The van der Waals surface area contributed by atoms with Gasteiger partial charge < -0.3 is 15.1 Å². The molecule has 5 heterocycles. The molecule has 0 unspecified atom stereocenters. The van der Waals surface area contributed by atoms with E-state index in [4.69, 9.17) is 4.98 Å². The van der Waals surface area contributed by atoms with Gasteiger partial charge in [0, 0.05) is 66.7 Å². The molecule has 162 valence electrons. The summed E-state index contributed by atoms with van der Waals surface area (Å²) in [5.41, 5.74) is 2.12. The highest BCUT2D eigenvalue weighted by atomic mass is 32.1. The van der Waals surface area contributed by atoms with Gasteiger partial charge in [0.25, 0.3) is 5.91 Å². The number of thiazole rings is 1. The molecule has 9 heteroatoms. The predicted molar refractivity (Wildman–Crippen MR) is 127 cm³/mol. The maximum Gasteiger partial charge on any atom is 0.257 e. The zero-order valence-corrected chi connectivity index (χ0v) is 18.8. The smallest absolute Gasteiger partial charge is 0.257 e. The first-order chi connectivity index (χ1) is 15.5. The third-order valence-corrected chi connectivity index (χ3v) is 6.43. The number of nitrogens with one attached hydrogen (secondary N) is 1. The molecule has 5 rings (SSSR count). The molecule has 8 nitrogen and oxygen atoms in total. The van der Waals surface area contributed by atoms with Crippen LogP contribution in [0.25, 0.3) is 21.6 Å². The number of aromatic nitrogens is 4. The number of amides is 1. The van der Waals surface area contributed by atoms with Crippen LogP contribution in [0.5, 0.6) is 0 Å². The van der Waals surface area contributed by atoms with Crippen LogP contribution in [0, 0.1) is 6.92 Å². The van der Waals surface area contributed by atoms with E-state index in [9.17, 15) is 4.79 Å². The van der Waals surface area contributed by atoms with E-state index in [1.165, 1.54) is 0 Å². The van der Waals surface area contributed by atoms with E-state index in [0.717, 1.165) is 58.5 Å². The van der Waals surface area contributed by atoms with Gasteiger partial charge in [0.15, 0.2) is 0 Å². The summed E-state index contributed by atoms with van der Waals surface area (Å²) in [4.78, 5) is 36.5. The zero-order valence-electron chi connectivity index (χ0n) is 17.9. The van der Waals surface area contributed by atoms with E-state index in [2.05, 4.69) is 37.1 Å². The molecule has 0 atom stereocenters. The molecular formula is C23H23N7OS. The summed E-state index contributed by atoms with van der Waals surface area (Å²) < 4.78 is 0. The number of pyridine rings is 3. The van der Waals surface area contributed by atoms with Crippen molar-refractivity contribution in [2.24, 2.45) is 0 Å². The third-order valence-electron chi connectivity index (χ3n) is 5.49. The number of hydrogen-bond donors (Lipinski definition) is 1. The Hall–Kier alpha value is -3.43. The fourth-order valence-electron chi connectivity index (χ4n) is 3.63. The summed E-state index contributed by atoms with van der Waals surface area (Å²) in [7, 11) is 2.11. The van der Waals surface area contributed by atoms with E-state index < -0.39 is 0 Å². The summed E-state index contributed by atoms with van der Waals surface area (Å²) >= 11 is 1.60. The number of likely N-dealkylation sites (N-methyl/N-ethyl adjacent to an activating group) is 1. The molecule has 4 aromatic heterocycles. The summed E-state index contributed by atoms with van der Waals surface area (Å²) in [6.45, 7) is 5.78. The van der Waals surface area contributed by atoms with Gasteiger partial charge >= 0.3 is 0 Å². The number of hydrogen-bond acceptors (Lipinski definition) is 8. The molecular weight excluding hydrogens is 422 g/mol. The highest BCUT2D eigenvalue weighted by Crippen LogP contribution is 2.26. The number of aryl methyl sites for hydroxylation is 1. The summed E-state index contributed by atoms with van der Waals surface area (Å²) in [6.07, 6.45) is 5.24. The van der Waals surface area contributed by atoms with Crippen LogP contribution >= 0.6 is 11.3 Å². The van der Waals surface area contributed by atoms with Gasteiger partial charge in [-0.3, -0.25) is 4.79 Å². The first kappa shape index (κ1) is 20.5. The number of fused-ring (bicyclic) bond motifs is 1. The van der Waals surface area contributed by atoms with Crippen molar-refractivity contribution in [3.63, 3.8) is 0 Å². The van der Waals surface area contributed by atoms with Gasteiger partial charge in [-0.1, -0.05) is 0 Å². The van der Waals surface area contributed by atoms with E-state index in [-0.39, 0.29) is 5.91 Å². The fraction of sp³-hybridized carbons (Fsp3) is 0.261. The number of nitrogens with zero attached hydrogens (tertiary/aromatic N) is 6. The van der Waals surface area contributed by atoms with Crippen molar-refractivity contribution in [3.05, 3.63) is 59.4 Å². The van der Waals surface area contributed by atoms with Crippen LogP contribution in [0.3, 0.4) is 0 Å². The van der Waals surface area contributed by atoms with E-state index in [1.807, 2.05) is 31.3 Å². The standard InChI is InChI=1S/C23H23N7OS/c1-15-13-26-23(32-15)18-4-3-17-14-25-20(12-19(17)27-18)28-22(31)16-5-6-24-21(11-16)30-9-7-29(2)8-10-30/h3-6,11-14H,7-10H2,1-2H3,(H,25,28,31). The summed E-state index contributed by atoms with van der Waals surface area (Å²) in [5.74, 6) is 1.06. The van der Waals surface area contributed by atoms with Gasteiger partial charge in [0.05, 0.1) is 11.2 Å². The monoisotopic (exact) mass is 445 g/mol. The van der Waals surface area contributed by atoms with Crippen molar-refractivity contribution in [2.75, 3.05) is 43.4 Å². The first-order valence-electron chi connectivity index (χ1n) is 10.5. The van der Waals surface area contributed by atoms with Crippen LogP contribution in [0.1, 0.15) is 15.2 Å². The quantitative estimate of drug-likeness (QED) is 0.515. The molecule has 0 radical (unpaired) electrons. The molecule has 0 aliphatic carbocycles. The summed E-state index contributed by atoms with van der Waals surface area (Å²) in [6, 6.07) is 9.26. The molecule has 1 aliphatic heterocycles. The van der Waals surface area contributed by atoms with Crippen molar-refractivity contribution >= 4 is 39.8 Å². The van der Waals surface area contributed by atoms with Gasteiger partial charge in [-0.05, 0) is 38.2 Å². The topological polar surface area (TPSA) is 87.1 Å². The Bertz CT molecular complexity index is 1280. The Balaban J connectivity index is 1.36. The SMILES string of the molecule is Cc1cnc(-c2ccc3cnc(NC(=O)c4ccnc(N5CCN(C)CC5)c4)cc3n2)s1. The predicted octanol–water partition coefficient (Wildman–Crippen LogP) is 3.46. The van der Waals surface area contributed by atoms with Gasteiger partial charge in [0.2, 0.25) is 0 Å². The lowest BCUT2D eigenvalue weighted by molar-refractivity contribution is 0.102. The maximum atomic E-state index is 12.9. The van der Waals surface area contributed by atoms with Crippen molar-refractivity contribution in [2.45, 2.75) is 6.92 Å². The minimum Gasteiger partial charge on any atom is -0.354 e. The number of rotatable bonds is 4. The van der Waals surface area contributed by atoms with Gasteiger partial charge in [0.1, 0.15) is 16.6 Å². The molecule has 0 bridgehead atoms. The molecule has 1 fully saturated rings. The molecule has 0 spiro atoms. The largest absolute Gasteiger partial charge is 0.354 e. The first-order valence-corrected chi connectivity index (χ1v) is 11.3. The van der Waals surface area contributed by atoms with Crippen molar-refractivity contribution in [1.29, 1.82) is 0 Å². The number of carbonyl (C=O) groups is 1. The molecule has 1 amide bonds. The van der Waals surface area contributed by atoms with E-state index in [1.54, 1.807) is 35.9 Å². The second kappa shape index (κ2) is 8.60. The van der Waals surface area contributed by atoms with Crippen LogP contribution in [0.2, 0.25) is 0 Å². The summed E-state index contributed by atoms with van der Waals surface area (Å²) in [5, 5.41) is 4.67. The lowest BCUT2D eigenvalue weighted by Gasteiger charge is -2.33. The second-order valence-corrected chi connectivity index (χ2v) is 9.12. The minimum atomic E-state index is -0.221. The molecule has 1 saturated heterocycles. The maximum absolute atomic E-state index is 12.9. The van der Waals surface area contributed by atoms with Crippen LogP contribution in [-0.2, 0) is 0 Å². The van der Waals surface area contributed by atoms with E-state index >= 15 is 0 Å². The molecule has 0 saturated carbocycles. The average molecular weight is 446 g/mol. The Morgan fingerprint density at radius 1 is 1.03 bits per heavy atom. The van der Waals surface area contributed by atoms with Gasteiger partial charge in [-0.2, -0.15) is 0 Å². The van der Waals surface area contributed by atoms with Crippen LogP contribution < -0.4 is 10.2 Å². The van der Waals surface area contributed by atoms with Gasteiger partial charge in [-0.15, -0.1) is 11.3 Å². The zero-order chi connectivity index (χ0) is 22.1. The number of piperazine rings is 1. The van der Waals surface area contributed by atoms with Crippen LogP contribution in [-0.4, -0.2) is 64.0 Å².